The molecule has 1 fully saturated rings. The van der Waals surface area contributed by atoms with Crippen LogP contribution in [-0.4, -0.2) is 29.9 Å². The average Bonchev–Trinajstić information content (AvgIpc) is 2.72. The molecule has 0 saturated carbocycles. The second-order valence-corrected chi connectivity index (χ2v) is 7.76. The van der Waals surface area contributed by atoms with Crippen LogP contribution in [0.4, 0.5) is 11.5 Å². The van der Waals surface area contributed by atoms with E-state index in [1.165, 1.54) is 5.56 Å². The molecule has 1 amide bonds. The largest absolute Gasteiger partial charge is 0.370 e. The second-order valence-electron chi connectivity index (χ2n) is 7.76. The molecule has 2 heterocycles. The van der Waals surface area contributed by atoms with Crippen molar-refractivity contribution in [3.05, 3.63) is 53.7 Å². The van der Waals surface area contributed by atoms with E-state index in [-0.39, 0.29) is 11.8 Å². The van der Waals surface area contributed by atoms with Gasteiger partial charge in [0.1, 0.15) is 5.82 Å². The maximum Gasteiger partial charge on any atom is 0.220 e. The summed E-state index contributed by atoms with van der Waals surface area (Å²) in [6.45, 7) is 6.27. The highest BCUT2D eigenvalue weighted by Gasteiger charge is 2.24. The number of guanidine groups is 1. The number of benzene rings is 1. The number of aliphatic imine (C=N–C) groups is 1. The van der Waals surface area contributed by atoms with Crippen molar-refractivity contribution in [1.82, 2.24) is 4.98 Å². The number of pyridine rings is 1. The maximum atomic E-state index is 11.4. The fourth-order valence-electron chi connectivity index (χ4n) is 3.55. The van der Waals surface area contributed by atoms with E-state index in [0.29, 0.717) is 18.4 Å². The molecule has 0 atom stereocenters. The van der Waals surface area contributed by atoms with E-state index in [1.54, 1.807) is 6.20 Å². The number of anilines is 2. The first-order valence-electron chi connectivity index (χ1n) is 10.1. The van der Waals surface area contributed by atoms with Crippen molar-refractivity contribution >= 4 is 23.4 Å². The van der Waals surface area contributed by atoms with Crippen molar-refractivity contribution in [2.45, 2.75) is 39.2 Å². The zero-order valence-corrected chi connectivity index (χ0v) is 17.1. The van der Waals surface area contributed by atoms with Crippen molar-refractivity contribution in [3.8, 4) is 0 Å². The van der Waals surface area contributed by atoms with E-state index in [2.05, 4.69) is 46.2 Å². The fourth-order valence-corrected chi connectivity index (χ4v) is 3.55. The molecule has 0 bridgehead atoms. The molecule has 5 N–H and O–H groups in total. The number of primary amides is 1. The summed E-state index contributed by atoms with van der Waals surface area (Å²) in [6.07, 6.45) is 3.29. The number of carbonyl (C=O) groups is 1. The lowest BCUT2D eigenvalue weighted by molar-refractivity contribution is -0.122. The third-order valence-corrected chi connectivity index (χ3v) is 5.31. The summed E-state index contributed by atoms with van der Waals surface area (Å²) in [6, 6.07) is 12.1. The van der Waals surface area contributed by atoms with Crippen molar-refractivity contribution < 1.29 is 4.79 Å². The number of piperidine rings is 1. The Morgan fingerprint density at radius 2 is 2.00 bits per heavy atom. The molecule has 7 heteroatoms. The van der Waals surface area contributed by atoms with E-state index < -0.39 is 0 Å². The Hall–Kier alpha value is -3.09. The summed E-state index contributed by atoms with van der Waals surface area (Å²) in [5.74, 6) is 1.46. The van der Waals surface area contributed by atoms with Crippen molar-refractivity contribution in [2.75, 3.05) is 23.3 Å². The Morgan fingerprint density at radius 1 is 1.24 bits per heavy atom. The SMILES string of the molecule is CC(C)c1cccc(NC(N)=NCc2cccnc2N2CCC(C(N)=O)CC2)c1. The van der Waals surface area contributed by atoms with Gasteiger partial charge in [-0.25, -0.2) is 9.98 Å². The number of nitrogens with one attached hydrogen (secondary N) is 1. The molecule has 29 heavy (non-hydrogen) atoms. The van der Waals surface area contributed by atoms with Crippen LogP contribution >= 0.6 is 0 Å². The van der Waals surface area contributed by atoms with Crippen LogP contribution in [0.15, 0.2) is 47.6 Å². The molecule has 7 nitrogen and oxygen atoms in total. The Labute approximate surface area is 172 Å². The Bertz CT molecular complexity index is 871. The zero-order valence-electron chi connectivity index (χ0n) is 17.1. The molecule has 154 valence electrons. The van der Waals surface area contributed by atoms with Crippen LogP contribution in [0, 0.1) is 5.92 Å². The van der Waals surface area contributed by atoms with Gasteiger partial charge < -0.3 is 21.7 Å². The van der Waals surface area contributed by atoms with E-state index in [9.17, 15) is 4.79 Å². The molecule has 0 unspecified atom stereocenters. The number of hydrogen-bond acceptors (Lipinski definition) is 4. The van der Waals surface area contributed by atoms with Crippen LogP contribution in [0.25, 0.3) is 0 Å². The maximum absolute atomic E-state index is 11.4. The number of rotatable bonds is 6. The average molecular weight is 395 g/mol. The van der Waals surface area contributed by atoms with E-state index in [4.69, 9.17) is 11.5 Å². The van der Waals surface area contributed by atoms with E-state index in [0.717, 1.165) is 43.0 Å². The first-order valence-corrected chi connectivity index (χ1v) is 10.1. The predicted octanol–water partition coefficient (Wildman–Crippen LogP) is 2.83. The Kier molecular flexibility index (Phi) is 6.69. The highest BCUT2D eigenvalue weighted by molar-refractivity contribution is 5.92. The lowest BCUT2D eigenvalue weighted by atomic mass is 9.96. The molecule has 0 radical (unpaired) electrons. The minimum atomic E-state index is -0.212. The monoisotopic (exact) mass is 394 g/mol. The molecule has 0 spiro atoms. The summed E-state index contributed by atoms with van der Waals surface area (Å²) in [5, 5.41) is 3.17. The Morgan fingerprint density at radius 3 is 2.69 bits per heavy atom. The van der Waals surface area contributed by atoms with Crippen LogP contribution in [0.2, 0.25) is 0 Å². The summed E-state index contributed by atoms with van der Waals surface area (Å²) in [7, 11) is 0. The summed E-state index contributed by atoms with van der Waals surface area (Å²) >= 11 is 0. The van der Waals surface area contributed by atoms with Gasteiger partial charge in [-0.2, -0.15) is 0 Å². The number of nitrogens with two attached hydrogens (primary N) is 2. The zero-order chi connectivity index (χ0) is 20.8. The van der Waals surface area contributed by atoms with Gasteiger partial charge in [0.25, 0.3) is 0 Å². The molecule has 0 aliphatic carbocycles. The molecule has 1 aromatic carbocycles. The van der Waals surface area contributed by atoms with E-state index in [1.807, 2.05) is 24.3 Å². The van der Waals surface area contributed by atoms with Gasteiger partial charge in [0, 0.05) is 36.5 Å². The third-order valence-electron chi connectivity index (χ3n) is 5.31. The number of amides is 1. The van der Waals surface area contributed by atoms with Gasteiger partial charge in [0.05, 0.1) is 6.54 Å². The normalized spacial score (nSPS) is 15.6. The van der Waals surface area contributed by atoms with Gasteiger partial charge in [-0.15, -0.1) is 0 Å². The minimum Gasteiger partial charge on any atom is -0.370 e. The standard InChI is InChI=1S/C22H30N6O/c1-15(2)17-5-3-7-19(13-17)27-22(24)26-14-18-6-4-10-25-21(18)28-11-8-16(9-12-28)20(23)29/h3-7,10,13,15-16H,8-9,11-12,14H2,1-2H3,(H2,23,29)(H3,24,26,27). The van der Waals surface area contributed by atoms with Gasteiger partial charge in [-0.3, -0.25) is 4.79 Å². The number of nitrogens with zero attached hydrogens (tertiary/aromatic N) is 3. The van der Waals surface area contributed by atoms with E-state index >= 15 is 0 Å². The molecular weight excluding hydrogens is 364 g/mol. The number of aromatic nitrogens is 1. The molecule has 3 rings (SSSR count). The van der Waals surface area contributed by atoms with Crippen molar-refractivity contribution in [1.29, 1.82) is 0 Å². The highest BCUT2D eigenvalue weighted by Crippen LogP contribution is 2.25. The quantitative estimate of drug-likeness (QED) is 0.515. The van der Waals surface area contributed by atoms with Gasteiger partial charge in [0.15, 0.2) is 5.96 Å². The van der Waals surface area contributed by atoms with Crippen LogP contribution < -0.4 is 21.7 Å². The lowest BCUT2D eigenvalue weighted by Crippen LogP contribution is -2.39. The van der Waals surface area contributed by atoms with Crippen LogP contribution in [-0.2, 0) is 11.3 Å². The molecule has 1 aliphatic rings. The van der Waals surface area contributed by atoms with Gasteiger partial charge in [-0.1, -0.05) is 32.0 Å². The van der Waals surface area contributed by atoms with Crippen molar-refractivity contribution in [2.24, 2.45) is 22.4 Å². The highest BCUT2D eigenvalue weighted by atomic mass is 16.1. The smallest absolute Gasteiger partial charge is 0.220 e. The first kappa shape index (κ1) is 20.6. The molecule has 1 aromatic heterocycles. The first-order chi connectivity index (χ1) is 13.9. The molecule has 1 saturated heterocycles. The lowest BCUT2D eigenvalue weighted by Gasteiger charge is -2.32. The molecular formula is C22H30N6O. The summed E-state index contributed by atoms with van der Waals surface area (Å²) < 4.78 is 0. The van der Waals surface area contributed by atoms with Crippen LogP contribution in [0.5, 0.6) is 0 Å². The Balaban J connectivity index is 1.66. The van der Waals surface area contributed by atoms with Gasteiger partial charge in [0.2, 0.25) is 5.91 Å². The summed E-state index contributed by atoms with van der Waals surface area (Å²) in [4.78, 5) is 22.6. The predicted molar refractivity (Wildman–Crippen MR) is 118 cm³/mol. The van der Waals surface area contributed by atoms with Gasteiger partial charge in [-0.05, 0) is 42.5 Å². The minimum absolute atomic E-state index is 0.0436. The summed E-state index contributed by atoms with van der Waals surface area (Å²) in [5.41, 5.74) is 14.7. The van der Waals surface area contributed by atoms with Crippen molar-refractivity contribution in [3.63, 3.8) is 0 Å². The molecule has 1 aliphatic heterocycles. The van der Waals surface area contributed by atoms with Crippen LogP contribution in [0.3, 0.4) is 0 Å². The second kappa shape index (κ2) is 9.41. The third kappa shape index (κ3) is 5.47. The number of hydrogen-bond donors (Lipinski definition) is 3. The van der Waals surface area contributed by atoms with Gasteiger partial charge >= 0.3 is 0 Å². The molecule has 2 aromatic rings. The topological polar surface area (TPSA) is 110 Å². The van der Waals surface area contributed by atoms with Crippen LogP contribution in [0.1, 0.15) is 43.7 Å². The fraction of sp³-hybridized carbons (Fsp3) is 0.409. The number of carbonyl (C=O) groups excluding carboxylic acids is 1.